The molecule has 114 valence electrons. The molecule has 1 N–H and O–H groups in total. The highest BCUT2D eigenvalue weighted by atomic mass is 16.6. The third-order valence-electron chi connectivity index (χ3n) is 4.12. The molecule has 3 rings (SSSR count). The highest BCUT2D eigenvalue weighted by molar-refractivity contribution is 5.77. The van der Waals surface area contributed by atoms with E-state index in [1.807, 2.05) is 24.1 Å². The molecule has 2 aliphatic rings. The van der Waals surface area contributed by atoms with E-state index in [1.165, 1.54) is 0 Å². The SMILES string of the molecule is CNCCC(=O)N1CCCC1c1cccc2c1OCCO2. The number of fused-ring (bicyclic) bond motifs is 1. The Hall–Kier alpha value is -1.75. The van der Waals surface area contributed by atoms with Gasteiger partial charge in [-0.3, -0.25) is 4.79 Å². The normalized spacial score (nSPS) is 20.6. The lowest BCUT2D eigenvalue weighted by Crippen LogP contribution is -2.32. The standard InChI is InChI=1S/C16H22N2O3/c1-17-8-7-15(19)18-9-3-5-13(18)12-4-2-6-14-16(12)21-11-10-20-14/h2,4,6,13,17H,3,5,7-11H2,1H3. The van der Waals surface area contributed by atoms with Crippen molar-refractivity contribution in [2.75, 3.05) is 33.4 Å². The fourth-order valence-corrected chi connectivity index (χ4v) is 3.12. The van der Waals surface area contributed by atoms with Crippen molar-refractivity contribution in [3.63, 3.8) is 0 Å². The Kier molecular flexibility index (Phi) is 4.29. The number of carbonyl (C=O) groups is 1. The zero-order valence-corrected chi connectivity index (χ0v) is 12.4. The van der Waals surface area contributed by atoms with Gasteiger partial charge < -0.3 is 19.7 Å². The van der Waals surface area contributed by atoms with E-state index >= 15 is 0 Å². The topological polar surface area (TPSA) is 50.8 Å². The molecule has 0 spiro atoms. The zero-order valence-electron chi connectivity index (χ0n) is 12.4. The molecule has 5 nitrogen and oxygen atoms in total. The number of likely N-dealkylation sites (tertiary alicyclic amines) is 1. The van der Waals surface area contributed by atoms with Crippen LogP contribution in [0.4, 0.5) is 0 Å². The monoisotopic (exact) mass is 290 g/mol. The van der Waals surface area contributed by atoms with E-state index < -0.39 is 0 Å². The smallest absolute Gasteiger partial charge is 0.224 e. The van der Waals surface area contributed by atoms with Gasteiger partial charge >= 0.3 is 0 Å². The second-order valence-corrected chi connectivity index (χ2v) is 5.47. The minimum Gasteiger partial charge on any atom is -0.486 e. The van der Waals surface area contributed by atoms with Crippen molar-refractivity contribution >= 4 is 5.91 Å². The Balaban J connectivity index is 1.84. The van der Waals surface area contributed by atoms with Crippen LogP contribution in [-0.4, -0.2) is 44.2 Å². The fourth-order valence-electron chi connectivity index (χ4n) is 3.12. The van der Waals surface area contributed by atoms with Gasteiger partial charge in [0.05, 0.1) is 6.04 Å². The molecule has 0 aromatic heterocycles. The number of benzene rings is 1. The summed E-state index contributed by atoms with van der Waals surface area (Å²) in [6, 6.07) is 6.09. The van der Waals surface area contributed by atoms with E-state index in [1.54, 1.807) is 0 Å². The van der Waals surface area contributed by atoms with Gasteiger partial charge in [-0.15, -0.1) is 0 Å². The summed E-state index contributed by atoms with van der Waals surface area (Å²) in [5.41, 5.74) is 1.09. The predicted molar refractivity (Wildman–Crippen MR) is 79.7 cm³/mol. The quantitative estimate of drug-likeness (QED) is 0.917. The average molecular weight is 290 g/mol. The molecule has 0 radical (unpaired) electrons. The highest BCUT2D eigenvalue weighted by Crippen LogP contribution is 2.42. The molecule has 1 unspecified atom stereocenters. The van der Waals surface area contributed by atoms with Crippen LogP contribution in [-0.2, 0) is 4.79 Å². The number of hydrogen-bond acceptors (Lipinski definition) is 4. The minimum absolute atomic E-state index is 0.117. The first-order valence-electron chi connectivity index (χ1n) is 7.64. The molecular formula is C16H22N2O3. The first-order chi connectivity index (χ1) is 10.3. The molecule has 21 heavy (non-hydrogen) atoms. The van der Waals surface area contributed by atoms with Gasteiger partial charge in [0.15, 0.2) is 11.5 Å². The van der Waals surface area contributed by atoms with Crippen LogP contribution in [0, 0.1) is 0 Å². The largest absolute Gasteiger partial charge is 0.486 e. The molecule has 0 saturated carbocycles. The molecule has 1 saturated heterocycles. The Labute approximate surface area is 125 Å². The van der Waals surface area contributed by atoms with Crippen LogP contribution in [0.5, 0.6) is 11.5 Å². The van der Waals surface area contributed by atoms with E-state index in [0.29, 0.717) is 26.2 Å². The lowest BCUT2D eigenvalue weighted by atomic mass is 10.0. The molecule has 2 heterocycles. The number of nitrogens with zero attached hydrogens (tertiary/aromatic N) is 1. The van der Waals surface area contributed by atoms with Gasteiger partial charge in [0.2, 0.25) is 5.91 Å². The van der Waals surface area contributed by atoms with Gasteiger partial charge in [0.1, 0.15) is 13.2 Å². The van der Waals surface area contributed by atoms with Gasteiger partial charge in [-0.1, -0.05) is 12.1 Å². The second-order valence-electron chi connectivity index (χ2n) is 5.47. The van der Waals surface area contributed by atoms with Crippen LogP contribution in [0.25, 0.3) is 0 Å². The number of nitrogens with one attached hydrogen (secondary N) is 1. The predicted octanol–water partition coefficient (Wildman–Crippen LogP) is 1.73. The summed E-state index contributed by atoms with van der Waals surface area (Å²) in [5, 5.41) is 3.03. The molecule has 1 aromatic carbocycles. The number of hydrogen-bond donors (Lipinski definition) is 1. The Morgan fingerprint density at radius 2 is 2.24 bits per heavy atom. The summed E-state index contributed by atoms with van der Waals surface area (Å²) in [6.45, 7) is 2.71. The van der Waals surface area contributed by atoms with E-state index in [0.717, 1.165) is 36.4 Å². The summed E-state index contributed by atoms with van der Waals surface area (Å²) in [5.74, 6) is 1.83. The number of carbonyl (C=O) groups excluding carboxylic acids is 1. The van der Waals surface area contributed by atoms with Crippen molar-refractivity contribution in [3.8, 4) is 11.5 Å². The summed E-state index contributed by atoms with van der Waals surface area (Å²) in [4.78, 5) is 14.4. The molecule has 0 aliphatic carbocycles. The van der Waals surface area contributed by atoms with E-state index in [9.17, 15) is 4.79 Å². The first-order valence-corrected chi connectivity index (χ1v) is 7.64. The molecule has 1 aromatic rings. The maximum absolute atomic E-state index is 12.4. The van der Waals surface area contributed by atoms with Gasteiger partial charge in [0.25, 0.3) is 0 Å². The van der Waals surface area contributed by atoms with Crippen LogP contribution in [0.3, 0.4) is 0 Å². The number of amides is 1. The maximum atomic E-state index is 12.4. The maximum Gasteiger partial charge on any atom is 0.224 e. The van der Waals surface area contributed by atoms with Crippen LogP contribution in [0.15, 0.2) is 18.2 Å². The Morgan fingerprint density at radius 3 is 3.10 bits per heavy atom. The van der Waals surface area contributed by atoms with Crippen molar-refractivity contribution in [2.24, 2.45) is 0 Å². The number of rotatable bonds is 4. The van der Waals surface area contributed by atoms with E-state index in [4.69, 9.17) is 9.47 Å². The molecule has 0 bridgehead atoms. The van der Waals surface area contributed by atoms with Crippen LogP contribution < -0.4 is 14.8 Å². The molecule has 1 amide bonds. The average Bonchev–Trinajstić information content (AvgIpc) is 3.01. The third-order valence-corrected chi connectivity index (χ3v) is 4.12. The summed E-state index contributed by atoms with van der Waals surface area (Å²) >= 11 is 0. The molecule has 1 atom stereocenters. The van der Waals surface area contributed by atoms with Crippen molar-refractivity contribution < 1.29 is 14.3 Å². The second kappa shape index (κ2) is 6.35. The van der Waals surface area contributed by atoms with Crippen molar-refractivity contribution in [1.82, 2.24) is 10.2 Å². The van der Waals surface area contributed by atoms with Crippen molar-refractivity contribution in [3.05, 3.63) is 23.8 Å². The number of ether oxygens (including phenoxy) is 2. The third kappa shape index (κ3) is 2.83. The minimum atomic E-state index is 0.117. The fraction of sp³-hybridized carbons (Fsp3) is 0.562. The van der Waals surface area contributed by atoms with Gasteiger partial charge in [-0.2, -0.15) is 0 Å². The van der Waals surface area contributed by atoms with Crippen LogP contribution >= 0.6 is 0 Å². The summed E-state index contributed by atoms with van der Waals surface area (Å²) < 4.78 is 11.4. The Morgan fingerprint density at radius 1 is 1.38 bits per heavy atom. The van der Waals surface area contributed by atoms with Gasteiger partial charge in [0, 0.05) is 25.1 Å². The van der Waals surface area contributed by atoms with Gasteiger partial charge in [-0.25, -0.2) is 0 Å². The van der Waals surface area contributed by atoms with E-state index in [-0.39, 0.29) is 11.9 Å². The first kappa shape index (κ1) is 14.2. The van der Waals surface area contributed by atoms with E-state index in [2.05, 4.69) is 11.4 Å². The highest BCUT2D eigenvalue weighted by Gasteiger charge is 2.33. The zero-order chi connectivity index (χ0) is 14.7. The molecule has 5 heteroatoms. The Bertz CT molecular complexity index is 518. The molecular weight excluding hydrogens is 268 g/mol. The number of para-hydroxylation sites is 1. The lowest BCUT2D eigenvalue weighted by Gasteiger charge is -2.29. The molecule has 1 fully saturated rings. The molecule has 2 aliphatic heterocycles. The van der Waals surface area contributed by atoms with Crippen molar-refractivity contribution in [1.29, 1.82) is 0 Å². The summed E-state index contributed by atoms with van der Waals surface area (Å²) in [7, 11) is 1.87. The summed E-state index contributed by atoms with van der Waals surface area (Å²) in [6.07, 6.45) is 2.57. The lowest BCUT2D eigenvalue weighted by molar-refractivity contribution is -0.132. The van der Waals surface area contributed by atoms with Gasteiger partial charge in [-0.05, 0) is 26.0 Å². The van der Waals surface area contributed by atoms with Crippen LogP contribution in [0.1, 0.15) is 30.9 Å². The van der Waals surface area contributed by atoms with Crippen LogP contribution in [0.2, 0.25) is 0 Å². The van der Waals surface area contributed by atoms with Crippen molar-refractivity contribution in [2.45, 2.75) is 25.3 Å².